The molecule has 0 saturated carbocycles. The van der Waals surface area contributed by atoms with E-state index in [9.17, 15) is 13.7 Å². The van der Waals surface area contributed by atoms with Crippen molar-refractivity contribution in [1.82, 2.24) is 9.88 Å². The number of sulfonamides is 1. The molecule has 1 fully saturated rings. The number of anilines is 2. The Morgan fingerprint density at radius 2 is 1.58 bits per heavy atom. The van der Waals surface area contributed by atoms with Crippen LogP contribution in [0.4, 0.5) is 11.4 Å². The number of amides is 1. The summed E-state index contributed by atoms with van der Waals surface area (Å²) < 4.78 is 47.7. The summed E-state index contributed by atoms with van der Waals surface area (Å²) in [5.41, 5.74) is 0.543. The highest BCUT2D eigenvalue weighted by atomic mass is 35.5. The highest BCUT2D eigenvalue weighted by Gasteiger charge is 2.61. The minimum atomic E-state index is -4.67. The van der Waals surface area contributed by atoms with Gasteiger partial charge in [-0.1, -0.05) is 29.8 Å². The lowest BCUT2D eigenvalue weighted by molar-refractivity contribution is -0.127. The molecule has 0 aliphatic carbocycles. The lowest BCUT2D eigenvalue weighted by atomic mass is 9.80. The van der Waals surface area contributed by atoms with E-state index in [0.29, 0.717) is 49.7 Å². The van der Waals surface area contributed by atoms with E-state index in [4.69, 9.17) is 25.8 Å². The maximum Gasteiger partial charge on any atom is 0.274 e. The van der Waals surface area contributed by atoms with Gasteiger partial charge in [-0.2, -0.15) is 5.26 Å². The molecule has 13 heteroatoms. The van der Waals surface area contributed by atoms with E-state index in [1.165, 1.54) is 31.4 Å². The number of nitrogens with zero attached hydrogens (tertiary/aromatic N) is 5. The summed E-state index contributed by atoms with van der Waals surface area (Å²) in [6.45, 7) is 5.88. The largest absolute Gasteiger partial charge is 0.495 e. The van der Waals surface area contributed by atoms with Gasteiger partial charge in [-0.25, -0.2) is 12.7 Å². The number of rotatable bonds is 10. The average molecular weight is 688 g/mol. The number of fused-ring (bicyclic) bond motifs is 1. The third kappa shape index (κ3) is 5.38. The number of piperazine rings is 1. The molecule has 6 rings (SSSR count). The molecule has 0 bridgehead atoms. The maximum atomic E-state index is 15.4. The first-order valence-corrected chi connectivity index (χ1v) is 17.3. The number of carbonyl (C=O) groups excluding carboxylic acids is 1. The minimum Gasteiger partial charge on any atom is -0.495 e. The van der Waals surface area contributed by atoms with Gasteiger partial charge in [0.05, 0.1) is 42.7 Å². The molecule has 1 saturated heterocycles. The maximum absolute atomic E-state index is 15.4. The normalized spacial score (nSPS) is 17.9. The lowest BCUT2D eigenvalue weighted by Gasteiger charge is -2.46. The van der Waals surface area contributed by atoms with E-state index in [1.807, 2.05) is 24.0 Å². The Balaban J connectivity index is 1.59. The number of aromatic nitrogens is 1. The number of ether oxygens (including phenoxy) is 3. The standard InChI is InChI=1S/C35H34ClN5O6S/c1-4-46-30-9-7-6-8-26(30)35(40-18-16-39(17-19-40)25-12-14-38-15-13-25)27-20-24(23-37)10-11-29(27)41(34(35)42)48(43,44)33-21-28(36)31(45-3)22-32(33)47-5-2/h6-15,20-22H,4-5,16-19H2,1-3H3. The Labute approximate surface area is 284 Å². The Morgan fingerprint density at radius 1 is 0.896 bits per heavy atom. The van der Waals surface area contributed by atoms with Gasteiger partial charge in [0, 0.05) is 61.5 Å². The molecule has 48 heavy (non-hydrogen) atoms. The zero-order valence-corrected chi connectivity index (χ0v) is 28.3. The van der Waals surface area contributed by atoms with Gasteiger partial charge in [0.25, 0.3) is 15.9 Å². The smallest absolute Gasteiger partial charge is 0.274 e. The number of carbonyl (C=O) groups is 1. The number of methoxy groups -OCH3 is 1. The number of nitriles is 1. The summed E-state index contributed by atoms with van der Waals surface area (Å²) >= 11 is 6.47. The Kier molecular flexibility index (Phi) is 9.20. The van der Waals surface area contributed by atoms with E-state index in [0.717, 1.165) is 9.99 Å². The zero-order chi connectivity index (χ0) is 34.1. The van der Waals surface area contributed by atoms with Crippen molar-refractivity contribution in [2.75, 3.05) is 55.7 Å². The quantitative estimate of drug-likeness (QED) is 0.219. The Morgan fingerprint density at radius 3 is 2.25 bits per heavy atom. The summed E-state index contributed by atoms with van der Waals surface area (Å²) in [5.74, 6) is -0.0932. The van der Waals surface area contributed by atoms with E-state index >= 15 is 4.79 Å². The first kappa shape index (κ1) is 33.1. The van der Waals surface area contributed by atoms with Crippen LogP contribution in [0.1, 0.15) is 30.5 Å². The number of hydrogen-bond donors (Lipinski definition) is 0. The van der Waals surface area contributed by atoms with Crippen LogP contribution in [0.2, 0.25) is 5.02 Å². The van der Waals surface area contributed by atoms with Crippen molar-refractivity contribution in [3.63, 3.8) is 0 Å². The number of halogens is 1. The highest BCUT2D eigenvalue weighted by Crippen LogP contribution is 2.53. The molecule has 1 atom stereocenters. The molecule has 1 amide bonds. The molecule has 0 radical (unpaired) electrons. The van der Waals surface area contributed by atoms with Crippen LogP contribution in [-0.2, 0) is 20.4 Å². The molecule has 2 aliphatic rings. The van der Waals surface area contributed by atoms with Crippen molar-refractivity contribution in [1.29, 1.82) is 5.26 Å². The van der Waals surface area contributed by atoms with Gasteiger partial charge in [0.1, 0.15) is 22.1 Å². The van der Waals surface area contributed by atoms with Gasteiger partial charge in [-0.15, -0.1) is 0 Å². The van der Waals surface area contributed by atoms with E-state index < -0.39 is 21.5 Å². The predicted octanol–water partition coefficient (Wildman–Crippen LogP) is 5.21. The zero-order valence-electron chi connectivity index (χ0n) is 26.7. The SMILES string of the molecule is CCOc1ccccc1C1(N2CCN(c3ccncc3)CC2)C(=O)N(S(=O)(=O)c2cc(Cl)c(OC)cc2OCC)c2ccc(C#N)cc21. The summed E-state index contributed by atoms with van der Waals surface area (Å²) in [7, 11) is -3.25. The number of benzene rings is 3. The molecule has 248 valence electrons. The molecule has 11 nitrogen and oxygen atoms in total. The van der Waals surface area contributed by atoms with Crippen LogP contribution in [0.15, 0.2) is 84.0 Å². The molecular weight excluding hydrogens is 654 g/mol. The van der Waals surface area contributed by atoms with Crippen LogP contribution >= 0.6 is 11.6 Å². The van der Waals surface area contributed by atoms with Crippen LogP contribution in [0.5, 0.6) is 17.2 Å². The fourth-order valence-electron chi connectivity index (χ4n) is 6.56. The van der Waals surface area contributed by atoms with Gasteiger partial charge in [-0.3, -0.25) is 14.7 Å². The second-order valence-corrected chi connectivity index (χ2v) is 13.3. The minimum absolute atomic E-state index is 0.0140. The second-order valence-electron chi connectivity index (χ2n) is 11.1. The monoisotopic (exact) mass is 687 g/mol. The van der Waals surface area contributed by atoms with Crippen molar-refractivity contribution >= 4 is 38.9 Å². The molecular formula is C35H34ClN5O6S. The van der Waals surface area contributed by atoms with Gasteiger partial charge >= 0.3 is 0 Å². The lowest BCUT2D eigenvalue weighted by Crippen LogP contribution is -2.60. The van der Waals surface area contributed by atoms with Crippen LogP contribution in [-0.4, -0.2) is 70.7 Å². The summed E-state index contributed by atoms with van der Waals surface area (Å²) in [6.07, 6.45) is 3.46. The molecule has 3 aromatic carbocycles. The molecule has 2 aliphatic heterocycles. The summed E-state index contributed by atoms with van der Waals surface area (Å²) in [5, 5.41) is 10.0. The number of pyridine rings is 1. The summed E-state index contributed by atoms with van der Waals surface area (Å²) in [6, 6.07) is 20.4. The van der Waals surface area contributed by atoms with Gasteiger partial charge in [0.2, 0.25) is 0 Å². The molecule has 0 spiro atoms. The fraction of sp³-hybridized carbons (Fsp3) is 0.286. The first-order valence-electron chi connectivity index (χ1n) is 15.5. The predicted molar refractivity (Wildman–Crippen MR) is 181 cm³/mol. The van der Waals surface area contributed by atoms with Gasteiger partial charge in [0.15, 0.2) is 5.54 Å². The average Bonchev–Trinajstić information content (AvgIpc) is 3.38. The Bertz CT molecular complexity index is 2000. The highest BCUT2D eigenvalue weighted by molar-refractivity contribution is 7.93. The first-order chi connectivity index (χ1) is 23.2. The van der Waals surface area contributed by atoms with E-state index in [2.05, 4.69) is 16.0 Å². The van der Waals surface area contributed by atoms with Crippen molar-refractivity contribution in [2.45, 2.75) is 24.3 Å². The van der Waals surface area contributed by atoms with Crippen molar-refractivity contribution < 1.29 is 27.4 Å². The second kappa shape index (κ2) is 13.4. The molecule has 4 aromatic rings. The molecule has 1 unspecified atom stereocenters. The van der Waals surface area contributed by atoms with E-state index in [-0.39, 0.29) is 39.3 Å². The topological polar surface area (TPSA) is 125 Å². The van der Waals surface area contributed by atoms with Crippen molar-refractivity contribution in [3.05, 3.63) is 101 Å². The van der Waals surface area contributed by atoms with Crippen molar-refractivity contribution in [2.24, 2.45) is 0 Å². The molecule has 1 aromatic heterocycles. The van der Waals surface area contributed by atoms with Gasteiger partial charge in [-0.05, 0) is 56.3 Å². The van der Waals surface area contributed by atoms with Gasteiger partial charge < -0.3 is 19.1 Å². The molecule has 0 N–H and O–H groups in total. The van der Waals surface area contributed by atoms with Crippen LogP contribution in [0.3, 0.4) is 0 Å². The fourth-order valence-corrected chi connectivity index (χ4v) is 8.47. The number of hydrogen-bond acceptors (Lipinski definition) is 10. The molecule has 3 heterocycles. The third-order valence-corrected chi connectivity index (χ3v) is 10.6. The number of para-hydroxylation sites is 1. The third-order valence-electron chi connectivity index (χ3n) is 8.62. The summed E-state index contributed by atoms with van der Waals surface area (Å²) in [4.78, 5) is 23.4. The van der Waals surface area contributed by atoms with Crippen LogP contribution in [0, 0.1) is 11.3 Å². The van der Waals surface area contributed by atoms with Crippen LogP contribution < -0.4 is 23.4 Å². The van der Waals surface area contributed by atoms with Crippen LogP contribution in [0.25, 0.3) is 0 Å². The van der Waals surface area contributed by atoms with E-state index in [1.54, 1.807) is 49.6 Å². The Hall–Kier alpha value is -4.83. The van der Waals surface area contributed by atoms with Crippen molar-refractivity contribution in [3.8, 4) is 23.3 Å².